The van der Waals surface area contributed by atoms with Crippen molar-refractivity contribution in [3.05, 3.63) is 53.3 Å². The molecule has 1 saturated heterocycles. The number of nitrogens with zero attached hydrogens (tertiary/aromatic N) is 2. The molecule has 0 aliphatic carbocycles. The van der Waals surface area contributed by atoms with Crippen LogP contribution in [-0.2, 0) is 4.79 Å². The van der Waals surface area contributed by atoms with Crippen LogP contribution in [-0.4, -0.2) is 65.2 Å². The van der Waals surface area contributed by atoms with Gasteiger partial charge >= 0.3 is 6.18 Å². The Balaban J connectivity index is 1.45. The molecule has 1 aliphatic rings. The normalized spacial score (nSPS) is 14.9. The van der Waals surface area contributed by atoms with Crippen molar-refractivity contribution < 1.29 is 27.6 Å². The fourth-order valence-corrected chi connectivity index (χ4v) is 3.33. The number of hydrogen-bond acceptors (Lipinski definition) is 4. The average Bonchev–Trinajstić information content (AvgIpc) is 3.26. The summed E-state index contributed by atoms with van der Waals surface area (Å²) in [6.07, 6.45) is -3.29. The highest BCUT2D eigenvalue weighted by Crippen LogP contribution is 2.27. The van der Waals surface area contributed by atoms with Crippen LogP contribution in [0.25, 0.3) is 0 Å². The quantitative estimate of drug-likeness (QED) is 0.641. The lowest BCUT2D eigenvalue weighted by molar-refractivity contribution is -0.131. The van der Waals surface area contributed by atoms with Gasteiger partial charge in [-0.15, -0.1) is 0 Å². The maximum atomic E-state index is 12.4. The summed E-state index contributed by atoms with van der Waals surface area (Å²) in [5.74, 6) is -1.42. The van der Waals surface area contributed by atoms with Crippen molar-refractivity contribution in [3.8, 4) is 0 Å². The molecule has 166 valence electrons. The third-order valence-electron chi connectivity index (χ3n) is 5.00. The number of rotatable bonds is 6. The van der Waals surface area contributed by atoms with Crippen LogP contribution in [0.15, 0.2) is 36.4 Å². The Bertz CT molecular complexity index is 922. The van der Waals surface area contributed by atoms with Gasteiger partial charge in [-0.25, -0.2) is 0 Å². The summed E-state index contributed by atoms with van der Waals surface area (Å²) in [6, 6.07) is 10.0. The standard InChI is InChI=1S/C20H22F3N5O3/c21-20(22,23)12-25-19(31)16-10-15(26-27-16)13-6-8-28(9-7-13)17(29)11-24-18(30)14-4-2-1-3-5-14/h1-5,10,13H,6-9,11-12H2,(H,24,30)(H,25,31)(H,26,27). The molecule has 1 aromatic carbocycles. The van der Waals surface area contributed by atoms with Gasteiger partial charge in [0, 0.05) is 30.3 Å². The second kappa shape index (κ2) is 9.63. The first-order valence-corrected chi connectivity index (χ1v) is 9.74. The van der Waals surface area contributed by atoms with Crippen molar-refractivity contribution in [2.75, 3.05) is 26.2 Å². The number of piperidine rings is 1. The van der Waals surface area contributed by atoms with Gasteiger partial charge in [0.25, 0.3) is 11.8 Å². The summed E-state index contributed by atoms with van der Waals surface area (Å²) >= 11 is 0. The Morgan fingerprint density at radius 1 is 1.06 bits per heavy atom. The number of halogens is 3. The van der Waals surface area contributed by atoms with E-state index in [2.05, 4.69) is 15.5 Å². The number of benzene rings is 1. The van der Waals surface area contributed by atoms with Crippen molar-refractivity contribution in [3.63, 3.8) is 0 Å². The predicted molar refractivity (Wildman–Crippen MR) is 104 cm³/mol. The Hall–Kier alpha value is -3.37. The van der Waals surface area contributed by atoms with E-state index in [1.165, 1.54) is 6.07 Å². The number of likely N-dealkylation sites (tertiary alicyclic amines) is 1. The van der Waals surface area contributed by atoms with Crippen molar-refractivity contribution >= 4 is 17.7 Å². The third kappa shape index (κ3) is 6.30. The van der Waals surface area contributed by atoms with E-state index < -0.39 is 18.6 Å². The van der Waals surface area contributed by atoms with Gasteiger partial charge in [-0.05, 0) is 31.0 Å². The second-order valence-electron chi connectivity index (χ2n) is 7.21. The summed E-state index contributed by atoms with van der Waals surface area (Å²) in [5.41, 5.74) is 1.01. The minimum atomic E-state index is -4.49. The zero-order valence-corrected chi connectivity index (χ0v) is 16.5. The van der Waals surface area contributed by atoms with Crippen LogP contribution in [0.4, 0.5) is 13.2 Å². The van der Waals surface area contributed by atoms with E-state index in [0.717, 1.165) is 0 Å². The highest BCUT2D eigenvalue weighted by atomic mass is 19.4. The molecule has 1 aromatic heterocycles. The SMILES string of the molecule is O=C(NCC(=O)N1CCC(c2cc(C(=O)NCC(F)(F)F)n[nH]2)CC1)c1ccccc1. The summed E-state index contributed by atoms with van der Waals surface area (Å²) in [7, 11) is 0. The number of alkyl halides is 3. The summed E-state index contributed by atoms with van der Waals surface area (Å²) < 4.78 is 36.7. The van der Waals surface area contributed by atoms with Gasteiger partial charge in [-0.2, -0.15) is 18.3 Å². The van der Waals surface area contributed by atoms with Crippen LogP contribution in [0.5, 0.6) is 0 Å². The number of amides is 3. The molecule has 3 amide bonds. The molecule has 11 heteroatoms. The molecular weight excluding hydrogens is 415 g/mol. The van der Waals surface area contributed by atoms with Crippen LogP contribution in [0.2, 0.25) is 0 Å². The molecule has 0 radical (unpaired) electrons. The first-order chi connectivity index (χ1) is 14.7. The number of nitrogens with one attached hydrogen (secondary N) is 3. The number of aromatic nitrogens is 2. The summed E-state index contributed by atoms with van der Waals surface area (Å²) in [4.78, 5) is 37.8. The zero-order valence-electron chi connectivity index (χ0n) is 16.5. The predicted octanol–water partition coefficient (Wildman–Crippen LogP) is 1.84. The lowest BCUT2D eigenvalue weighted by Gasteiger charge is -2.31. The third-order valence-corrected chi connectivity index (χ3v) is 5.00. The average molecular weight is 437 g/mol. The zero-order chi connectivity index (χ0) is 22.4. The molecule has 0 bridgehead atoms. The van der Waals surface area contributed by atoms with Crippen LogP contribution in [0.3, 0.4) is 0 Å². The van der Waals surface area contributed by atoms with E-state index in [4.69, 9.17) is 0 Å². The molecule has 3 rings (SSSR count). The summed E-state index contributed by atoms with van der Waals surface area (Å²) in [6.45, 7) is -0.611. The minimum absolute atomic E-state index is 0.000346. The lowest BCUT2D eigenvalue weighted by Crippen LogP contribution is -2.43. The molecule has 3 N–H and O–H groups in total. The summed E-state index contributed by atoms with van der Waals surface area (Å²) in [5, 5.41) is 10.9. The van der Waals surface area contributed by atoms with Crippen LogP contribution in [0.1, 0.15) is 45.3 Å². The topological polar surface area (TPSA) is 107 Å². The molecule has 1 fully saturated rings. The first kappa shape index (κ1) is 22.3. The van der Waals surface area contributed by atoms with Gasteiger partial charge in [0.1, 0.15) is 12.2 Å². The second-order valence-corrected chi connectivity index (χ2v) is 7.21. The van der Waals surface area contributed by atoms with Crippen LogP contribution >= 0.6 is 0 Å². The van der Waals surface area contributed by atoms with E-state index in [1.54, 1.807) is 40.5 Å². The molecule has 31 heavy (non-hydrogen) atoms. The largest absolute Gasteiger partial charge is 0.405 e. The monoisotopic (exact) mass is 437 g/mol. The molecule has 8 nitrogen and oxygen atoms in total. The Labute approximate surface area is 176 Å². The Kier molecular flexibility index (Phi) is 6.93. The van der Waals surface area contributed by atoms with Crippen molar-refractivity contribution in [1.29, 1.82) is 0 Å². The van der Waals surface area contributed by atoms with E-state index in [-0.39, 0.29) is 30.0 Å². The first-order valence-electron chi connectivity index (χ1n) is 9.74. The maximum Gasteiger partial charge on any atom is 0.405 e. The van der Waals surface area contributed by atoms with Crippen molar-refractivity contribution in [2.24, 2.45) is 0 Å². The van der Waals surface area contributed by atoms with Gasteiger partial charge in [0.15, 0.2) is 0 Å². The maximum absolute atomic E-state index is 12.4. The van der Waals surface area contributed by atoms with Gasteiger partial charge in [-0.1, -0.05) is 18.2 Å². The van der Waals surface area contributed by atoms with E-state index >= 15 is 0 Å². The molecule has 2 aromatic rings. The van der Waals surface area contributed by atoms with E-state index in [1.807, 2.05) is 0 Å². The number of hydrogen-bond donors (Lipinski definition) is 3. The van der Waals surface area contributed by atoms with Gasteiger partial charge < -0.3 is 15.5 Å². The van der Waals surface area contributed by atoms with Crippen LogP contribution in [0, 0.1) is 0 Å². The Morgan fingerprint density at radius 3 is 2.39 bits per heavy atom. The number of aromatic amines is 1. The fourth-order valence-electron chi connectivity index (χ4n) is 3.33. The van der Waals surface area contributed by atoms with Gasteiger partial charge in [0.05, 0.1) is 6.54 Å². The number of carbonyl (C=O) groups excluding carboxylic acids is 3. The minimum Gasteiger partial charge on any atom is -0.343 e. The highest BCUT2D eigenvalue weighted by Gasteiger charge is 2.29. The molecule has 0 spiro atoms. The van der Waals surface area contributed by atoms with Gasteiger partial charge in [-0.3, -0.25) is 19.5 Å². The van der Waals surface area contributed by atoms with E-state index in [9.17, 15) is 27.6 Å². The molecule has 0 atom stereocenters. The Morgan fingerprint density at radius 2 is 1.74 bits per heavy atom. The highest BCUT2D eigenvalue weighted by molar-refractivity contribution is 5.96. The molecule has 0 saturated carbocycles. The van der Waals surface area contributed by atoms with Gasteiger partial charge in [0.2, 0.25) is 5.91 Å². The number of H-pyrrole nitrogens is 1. The van der Waals surface area contributed by atoms with Crippen molar-refractivity contribution in [1.82, 2.24) is 25.7 Å². The van der Waals surface area contributed by atoms with E-state index in [0.29, 0.717) is 37.2 Å². The lowest BCUT2D eigenvalue weighted by atomic mass is 9.93. The molecule has 2 heterocycles. The number of carbonyl (C=O) groups is 3. The fraction of sp³-hybridized carbons (Fsp3) is 0.400. The molecule has 1 aliphatic heterocycles. The van der Waals surface area contributed by atoms with Crippen LogP contribution < -0.4 is 10.6 Å². The molecular formula is C20H22F3N5O3. The molecule has 0 unspecified atom stereocenters. The van der Waals surface area contributed by atoms with Crippen molar-refractivity contribution in [2.45, 2.75) is 24.9 Å². The smallest absolute Gasteiger partial charge is 0.343 e.